The zero-order valence-electron chi connectivity index (χ0n) is 15.0. The molecular weight excluding hydrogens is 306 g/mol. The molecule has 0 unspecified atom stereocenters. The Morgan fingerprint density at radius 3 is 2.50 bits per heavy atom. The summed E-state index contributed by atoms with van der Waals surface area (Å²) in [5, 5.41) is 0. The van der Waals surface area contributed by atoms with Gasteiger partial charge in [-0.15, -0.1) is 0 Å². The minimum absolute atomic E-state index is 0.105. The summed E-state index contributed by atoms with van der Waals surface area (Å²) in [4.78, 5) is 26.6. The molecule has 0 amide bonds. The van der Waals surface area contributed by atoms with Gasteiger partial charge in [0.15, 0.2) is 0 Å². The van der Waals surface area contributed by atoms with Crippen molar-refractivity contribution in [1.29, 1.82) is 0 Å². The Kier molecular flexibility index (Phi) is 5.65. The number of carbonyl (C=O) groups excluding carboxylic acids is 2. The summed E-state index contributed by atoms with van der Waals surface area (Å²) in [5.74, 6) is -0.598. The van der Waals surface area contributed by atoms with E-state index >= 15 is 0 Å². The molecule has 0 saturated carbocycles. The average Bonchev–Trinajstić information content (AvgIpc) is 2.86. The first-order chi connectivity index (χ1) is 11.2. The normalized spacial score (nSPS) is 21.5. The molecule has 0 aromatic heterocycles. The highest BCUT2D eigenvalue weighted by Crippen LogP contribution is 2.30. The molecule has 1 heterocycles. The standard InChI is InChI=1S/C19H27NO4/c1-18(2,3)24-16(21)13-20-12-8-11-19(20,4)17(22)23-14-15-9-6-5-7-10-15/h5-7,9-10H,8,11-14H2,1-4H3/t19-/m0/s1. The highest BCUT2D eigenvalue weighted by molar-refractivity contribution is 5.82. The molecule has 0 spiro atoms. The molecule has 0 aliphatic carbocycles. The lowest BCUT2D eigenvalue weighted by atomic mass is 9.99. The van der Waals surface area contributed by atoms with Gasteiger partial charge in [0.1, 0.15) is 17.7 Å². The zero-order chi connectivity index (χ0) is 17.8. The van der Waals surface area contributed by atoms with Crippen LogP contribution in [0.3, 0.4) is 0 Å². The van der Waals surface area contributed by atoms with Gasteiger partial charge in [-0.3, -0.25) is 14.5 Å². The van der Waals surface area contributed by atoms with Crippen molar-refractivity contribution in [3.63, 3.8) is 0 Å². The van der Waals surface area contributed by atoms with Crippen molar-refractivity contribution in [2.24, 2.45) is 0 Å². The Morgan fingerprint density at radius 1 is 1.21 bits per heavy atom. The zero-order valence-corrected chi connectivity index (χ0v) is 15.0. The van der Waals surface area contributed by atoms with Crippen LogP contribution in [0.2, 0.25) is 0 Å². The molecule has 0 radical (unpaired) electrons. The number of rotatable bonds is 5. The summed E-state index contributed by atoms with van der Waals surface area (Å²) in [7, 11) is 0. The second-order valence-corrected chi connectivity index (χ2v) is 7.45. The van der Waals surface area contributed by atoms with Crippen molar-refractivity contribution >= 4 is 11.9 Å². The Hall–Kier alpha value is -1.88. The second-order valence-electron chi connectivity index (χ2n) is 7.45. The van der Waals surface area contributed by atoms with Gasteiger partial charge in [-0.25, -0.2) is 0 Å². The van der Waals surface area contributed by atoms with Gasteiger partial charge >= 0.3 is 11.9 Å². The molecule has 1 aliphatic heterocycles. The lowest BCUT2D eigenvalue weighted by molar-refractivity contribution is -0.163. The first-order valence-electron chi connectivity index (χ1n) is 8.39. The van der Waals surface area contributed by atoms with Crippen LogP contribution in [0.5, 0.6) is 0 Å². The third-order valence-electron chi connectivity index (χ3n) is 4.18. The second kappa shape index (κ2) is 7.34. The third-order valence-corrected chi connectivity index (χ3v) is 4.18. The Balaban J connectivity index is 1.95. The number of benzene rings is 1. The summed E-state index contributed by atoms with van der Waals surface area (Å²) in [6, 6.07) is 9.59. The fourth-order valence-corrected chi connectivity index (χ4v) is 2.91. The van der Waals surface area contributed by atoms with Gasteiger partial charge in [0.05, 0.1) is 6.54 Å². The summed E-state index contributed by atoms with van der Waals surface area (Å²) in [6.45, 7) is 8.39. The highest BCUT2D eigenvalue weighted by atomic mass is 16.6. The molecule has 0 N–H and O–H groups in total. The molecule has 5 nitrogen and oxygen atoms in total. The van der Waals surface area contributed by atoms with Gasteiger partial charge in [0, 0.05) is 0 Å². The van der Waals surface area contributed by atoms with Crippen molar-refractivity contribution in [3.8, 4) is 0 Å². The Bertz CT molecular complexity index is 579. The van der Waals surface area contributed by atoms with Gasteiger partial charge in [-0.2, -0.15) is 0 Å². The lowest BCUT2D eigenvalue weighted by Crippen LogP contribution is -2.51. The molecule has 1 saturated heterocycles. The number of ether oxygens (including phenoxy) is 2. The van der Waals surface area contributed by atoms with Crippen LogP contribution in [0.1, 0.15) is 46.1 Å². The van der Waals surface area contributed by atoms with Crippen LogP contribution >= 0.6 is 0 Å². The molecule has 2 rings (SSSR count). The minimum Gasteiger partial charge on any atom is -0.459 e. The fraction of sp³-hybridized carbons (Fsp3) is 0.579. The molecule has 1 fully saturated rings. The Morgan fingerprint density at radius 2 is 1.88 bits per heavy atom. The third kappa shape index (κ3) is 4.81. The summed E-state index contributed by atoms with van der Waals surface area (Å²) < 4.78 is 10.9. The van der Waals surface area contributed by atoms with Crippen LogP contribution in [0.4, 0.5) is 0 Å². The molecule has 24 heavy (non-hydrogen) atoms. The quantitative estimate of drug-likeness (QED) is 0.776. The maximum atomic E-state index is 12.6. The monoisotopic (exact) mass is 333 g/mol. The number of hydrogen-bond donors (Lipinski definition) is 0. The van der Waals surface area contributed by atoms with E-state index in [0.717, 1.165) is 12.0 Å². The van der Waals surface area contributed by atoms with E-state index in [1.165, 1.54) is 0 Å². The van der Waals surface area contributed by atoms with E-state index in [9.17, 15) is 9.59 Å². The van der Waals surface area contributed by atoms with Crippen LogP contribution in [-0.4, -0.2) is 41.1 Å². The Labute approximate surface area is 143 Å². The van der Waals surface area contributed by atoms with Crippen molar-refractivity contribution in [1.82, 2.24) is 4.90 Å². The van der Waals surface area contributed by atoms with Gasteiger partial charge in [-0.1, -0.05) is 30.3 Å². The van der Waals surface area contributed by atoms with E-state index in [4.69, 9.17) is 9.47 Å². The van der Waals surface area contributed by atoms with E-state index in [1.54, 1.807) is 0 Å². The lowest BCUT2D eigenvalue weighted by Gasteiger charge is -2.33. The first-order valence-corrected chi connectivity index (χ1v) is 8.39. The fourth-order valence-electron chi connectivity index (χ4n) is 2.91. The highest BCUT2D eigenvalue weighted by Gasteiger charge is 2.45. The predicted octanol–water partition coefficient (Wildman–Crippen LogP) is 2.93. The van der Waals surface area contributed by atoms with Crippen molar-refractivity contribution in [2.75, 3.05) is 13.1 Å². The molecular formula is C19H27NO4. The molecule has 1 aliphatic rings. The van der Waals surface area contributed by atoms with E-state index in [2.05, 4.69) is 0 Å². The van der Waals surface area contributed by atoms with Gasteiger partial charge in [0.2, 0.25) is 0 Å². The smallest absolute Gasteiger partial charge is 0.326 e. The maximum Gasteiger partial charge on any atom is 0.326 e. The van der Waals surface area contributed by atoms with Crippen LogP contribution < -0.4 is 0 Å². The summed E-state index contributed by atoms with van der Waals surface area (Å²) >= 11 is 0. The SMILES string of the molecule is CC(C)(C)OC(=O)CN1CCC[C@@]1(C)C(=O)OCc1ccccc1. The van der Waals surface area contributed by atoms with Gasteiger partial charge < -0.3 is 9.47 Å². The molecule has 5 heteroatoms. The maximum absolute atomic E-state index is 12.6. The van der Waals surface area contributed by atoms with Gasteiger partial charge in [-0.05, 0) is 52.6 Å². The van der Waals surface area contributed by atoms with Crippen molar-refractivity contribution < 1.29 is 19.1 Å². The summed E-state index contributed by atoms with van der Waals surface area (Å²) in [6.07, 6.45) is 1.54. The summed E-state index contributed by atoms with van der Waals surface area (Å²) in [5.41, 5.74) is -0.349. The molecule has 0 bridgehead atoms. The number of nitrogens with zero attached hydrogens (tertiary/aromatic N) is 1. The van der Waals surface area contributed by atoms with Crippen molar-refractivity contribution in [3.05, 3.63) is 35.9 Å². The van der Waals surface area contributed by atoms with E-state index < -0.39 is 11.1 Å². The van der Waals surface area contributed by atoms with Crippen LogP contribution in [0.25, 0.3) is 0 Å². The number of hydrogen-bond acceptors (Lipinski definition) is 5. The number of carbonyl (C=O) groups is 2. The number of esters is 2. The molecule has 1 aromatic carbocycles. The van der Waals surface area contributed by atoms with E-state index in [-0.39, 0.29) is 25.1 Å². The van der Waals surface area contributed by atoms with Crippen molar-refractivity contribution in [2.45, 2.75) is 58.3 Å². The topological polar surface area (TPSA) is 55.8 Å². The predicted molar refractivity (Wildman–Crippen MR) is 91.3 cm³/mol. The van der Waals surface area contributed by atoms with Gasteiger partial charge in [0.25, 0.3) is 0 Å². The number of likely N-dealkylation sites (tertiary alicyclic amines) is 1. The minimum atomic E-state index is -0.772. The molecule has 1 atom stereocenters. The average molecular weight is 333 g/mol. The van der Waals surface area contributed by atoms with Crippen LogP contribution in [0.15, 0.2) is 30.3 Å². The van der Waals surface area contributed by atoms with Crippen LogP contribution in [-0.2, 0) is 25.7 Å². The molecule has 1 aromatic rings. The first kappa shape index (κ1) is 18.5. The van der Waals surface area contributed by atoms with E-state index in [0.29, 0.717) is 13.0 Å². The van der Waals surface area contributed by atoms with Crippen LogP contribution in [0, 0.1) is 0 Å². The van der Waals surface area contributed by atoms with E-state index in [1.807, 2.05) is 62.9 Å². The largest absolute Gasteiger partial charge is 0.459 e. The molecule has 132 valence electrons.